The van der Waals surface area contributed by atoms with Gasteiger partial charge < -0.3 is 4.90 Å². The van der Waals surface area contributed by atoms with Crippen LogP contribution in [0.2, 0.25) is 0 Å². The summed E-state index contributed by atoms with van der Waals surface area (Å²) in [6.07, 6.45) is 3.05. The molecular formula is C16H23N3O3S. The molecule has 1 N–H and O–H groups in total. The van der Waals surface area contributed by atoms with Gasteiger partial charge in [0.05, 0.1) is 0 Å². The molecule has 2 atom stereocenters. The first-order valence-corrected chi connectivity index (χ1v) is 9.56. The molecule has 1 aromatic rings. The fraction of sp³-hybridized carbons (Fsp3) is 0.562. The number of hydrogen-bond acceptors (Lipinski definition) is 3. The zero-order chi connectivity index (χ0) is 16.4. The molecule has 126 valence electrons. The van der Waals surface area contributed by atoms with Crippen molar-refractivity contribution in [2.75, 3.05) is 18.0 Å². The van der Waals surface area contributed by atoms with Crippen molar-refractivity contribution < 1.29 is 13.2 Å². The number of nitrogens with one attached hydrogen (secondary N) is 1. The number of carbonyl (C=O) groups is 1. The average Bonchev–Trinajstić information content (AvgIpc) is 2.88. The summed E-state index contributed by atoms with van der Waals surface area (Å²) in [4.78, 5) is 13.8. The Bertz CT molecular complexity index is 662. The highest BCUT2D eigenvalue weighted by molar-refractivity contribution is 7.87. The molecular weight excluding hydrogens is 314 g/mol. The van der Waals surface area contributed by atoms with Crippen LogP contribution < -0.4 is 9.62 Å². The van der Waals surface area contributed by atoms with Gasteiger partial charge in [0.2, 0.25) is 5.91 Å². The molecule has 2 unspecified atom stereocenters. The van der Waals surface area contributed by atoms with Crippen molar-refractivity contribution in [2.45, 2.75) is 44.7 Å². The van der Waals surface area contributed by atoms with Crippen LogP contribution in [-0.4, -0.2) is 43.8 Å². The molecule has 2 aliphatic rings. The van der Waals surface area contributed by atoms with Gasteiger partial charge in [0.25, 0.3) is 10.2 Å². The van der Waals surface area contributed by atoms with Crippen molar-refractivity contribution in [1.29, 1.82) is 0 Å². The zero-order valence-corrected chi connectivity index (χ0v) is 14.1. The maximum Gasteiger partial charge on any atom is 0.280 e. The molecule has 0 aromatic heterocycles. The van der Waals surface area contributed by atoms with Gasteiger partial charge in [-0.3, -0.25) is 4.79 Å². The number of para-hydroxylation sites is 1. The largest absolute Gasteiger partial charge is 0.311 e. The summed E-state index contributed by atoms with van der Waals surface area (Å²) in [6.45, 7) is 2.87. The molecule has 2 saturated heterocycles. The molecule has 7 heteroatoms. The minimum Gasteiger partial charge on any atom is -0.311 e. The first kappa shape index (κ1) is 16.4. The van der Waals surface area contributed by atoms with Crippen molar-refractivity contribution in [3.8, 4) is 0 Å². The van der Waals surface area contributed by atoms with E-state index in [9.17, 15) is 13.2 Å². The van der Waals surface area contributed by atoms with Crippen LogP contribution in [0.3, 0.4) is 0 Å². The van der Waals surface area contributed by atoms with Gasteiger partial charge in [-0.2, -0.15) is 17.4 Å². The number of amides is 1. The fourth-order valence-corrected chi connectivity index (χ4v) is 5.01. The predicted molar refractivity (Wildman–Crippen MR) is 89.3 cm³/mol. The Balaban J connectivity index is 1.68. The Morgan fingerprint density at radius 3 is 2.61 bits per heavy atom. The van der Waals surface area contributed by atoms with Gasteiger partial charge in [-0.05, 0) is 31.9 Å². The second-order valence-electron chi connectivity index (χ2n) is 6.32. The Kier molecular flexibility index (Phi) is 4.70. The maximum absolute atomic E-state index is 12.6. The molecule has 2 aliphatic heterocycles. The molecule has 23 heavy (non-hydrogen) atoms. The van der Waals surface area contributed by atoms with Crippen LogP contribution in [0.5, 0.6) is 0 Å². The van der Waals surface area contributed by atoms with Crippen molar-refractivity contribution in [1.82, 2.24) is 9.03 Å². The van der Waals surface area contributed by atoms with E-state index in [1.54, 1.807) is 4.90 Å². The number of piperidine rings is 1. The lowest BCUT2D eigenvalue weighted by molar-refractivity contribution is -0.117. The van der Waals surface area contributed by atoms with Gasteiger partial charge in [-0.15, -0.1) is 0 Å². The summed E-state index contributed by atoms with van der Waals surface area (Å²) in [5.74, 6) is -0.0457. The van der Waals surface area contributed by atoms with Crippen LogP contribution in [0, 0.1) is 0 Å². The minimum atomic E-state index is -3.54. The smallest absolute Gasteiger partial charge is 0.280 e. The number of benzene rings is 1. The van der Waals surface area contributed by atoms with Crippen LogP contribution in [0.15, 0.2) is 30.3 Å². The van der Waals surface area contributed by atoms with Crippen LogP contribution in [0.4, 0.5) is 5.69 Å². The molecule has 0 saturated carbocycles. The SMILES string of the molecule is CC1CCCCN1S(=O)(=O)NC1CC(=O)N(c2ccccc2)C1. The van der Waals surface area contributed by atoms with Crippen molar-refractivity contribution in [2.24, 2.45) is 0 Å². The lowest BCUT2D eigenvalue weighted by Gasteiger charge is -2.33. The third-order valence-corrected chi connectivity index (χ3v) is 6.35. The third kappa shape index (κ3) is 3.57. The zero-order valence-electron chi connectivity index (χ0n) is 13.3. The third-order valence-electron chi connectivity index (χ3n) is 4.56. The Labute approximate surface area is 137 Å². The van der Waals surface area contributed by atoms with Gasteiger partial charge in [0.1, 0.15) is 0 Å². The summed E-state index contributed by atoms with van der Waals surface area (Å²) in [5.41, 5.74) is 0.811. The van der Waals surface area contributed by atoms with E-state index in [1.165, 1.54) is 4.31 Å². The molecule has 0 aliphatic carbocycles. The summed E-state index contributed by atoms with van der Waals surface area (Å²) in [5, 5.41) is 0. The minimum absolute atomic E-state index is 0.0172. The quantitative estimate of drug-likeness (QED) is 0.905. The van der Waals surface area contributed by atoms with Crippen molar-refractivity contribution in [3.05, 3.63) is 30.3 Å². The average molecular weight is 337 g/mol. The Morgan fingerprint density at radius 1 is 1.17 bits per heavy atom. The number of nitrogens with zero attached hydrogens (tertiary/aromatic N) is 2. The second kappa shape index (κ2) is 6.59. The van der Waals surface area contributed by atoms with Gasteiger partial charge in [-0.1, -0.05) is 24.6 Å². The Morgan fingerprint density at radius 2 is 1.91 bits per heavy atom. The summed E-state index contributed by atoms with van der Waals surface area (Å²) in [7, 11) is -3.54. The van der Waals surface area contributed by atoms with E-state index in [-0.39, 0.29) is 24.4 Å². The number of hydrogen-bond donors (Lipinski definition) is 1. The van der Waals surface area contributed by atoms with Crippen molar-refractivity contribution in [3.63, 3.8) is 0 Å². The highest BCUT2D eigenvalue weighted by Gasteiger charge is 2.36. The van der Waals surface area contributed by atoms with E-state index in [2.05, 4.69) is 4.72 Å². The van der Waals surface area contributed by atoms with Crippen LogP contribution in [0.1, 0.15) is 32.6 Å². The molecule has 0 radical (unpaired) electrons. The van der Waals surface area contributed by atoms with Gasteiger partial charge in [0, 0.05) is 37.3 Å². The van der Waals surface area contributed by atoms with E-state index in [0.29, 0.717) is 13.1 Å². The monoisotopic (exact) mass is 337 g/mol. The summed E-state index contributed by atoms with van der Waals surface area (Å²) in [6, 6.07) is 9.00. The Hall–Kier alpha value is -1.44. The van der Waals surface area contributed by atoms with Crippen LogP contribution in [-0.2, 0) is 15.0 Å². The highest BCUT2D eigenvalue weighted by Crippen LogP contribution is 2.23. The van der Waals surface area contributed by atoms with Crippen LogP contribution >= 0.6 is 0 Å². The van der Waals surface area contributed by atoms with Gasteiger partial charge in [-0.25, -0.2) is 0 Å². The molecule has 3 rings (SSSR count). The molecule has 2 fully saturated rings. The number of carbonyl (C=O) groups excluding carboxylic acids is 1. The normalized spacial score (nSPS) is 26.7. The fourth-order valence-electron chi connectivity index (χ4n) is 3.35. The van der Waals surface area contributed by atoms with Gasteiger partial charge >= 0.3 is 0 Å². The lowest BCUT2D eigenvalue weighted by atomic mass is 10.1. The predicted octanol–water partition coefficient (Wildman–Crippen LogP) is 1.50. The highest BCUT2D eigenvalue weighted by atomic mass is 32.2. The topological polar surface area (TPSA) is 69.7 Å². The molecule has 0 bridgehead atoms. The second-order valence-corrected chi connectivity index (χ2v) is 7.97. The van der Waals surface area contributed by atoms with Crippen LogP contribution in [0.25, 0.3) is 0 Å². The summed E-state index contributed by atoms with van der Waals surface area (Å²) < 4.78 is 29.4. The maximum atomic E-state index is 12.6. The van der Waals surface area contributed by atoms with Crippen molar-refractivity contribution >= 4 is 21.8 Å². The van der Waals surface area contributed by atoms with E-state index >= 15 is 0 Å². The van der Waals surface area contributed by atoms with E-state index in [0.717, 1.165) is 24.9 Å². The van der Waals surface area contributed by atoms with E-state index < -0.39 is 10.2 Å². The number of anilines is 1. The van der Waals surface area contributed by atoms with E-state index in [4.69, 9.17) is 0 Å². The molecule has 2 heterocycles. The number of rotatable bonds is 4. The first-order valence-electron chi connectivity index (χ1n) is 8.12. The first-order chi connectivity index (χ1) is 11.0. The van der Waals surface area contributed by atoms with Gasteiger partial charge in [0.15, 0.2) is 0 Å². The molecule has 6 nitrogen and oxygen atoms in total. The molecule has 1 amide bonds. The molecule has 0 spiro atoms. The summed E-state index contributed by atoms with van der Waals surface area (Å²) >= 11 is 0. The standard InChI is InChI=1S/C16H23N3O3S/c1-13-7-5-6-10-19(13)23(21,22)17-14-11-16(20)18(12-14)15-8-3-2-4-9-15/h2-4,8-9,13-14,17H,5-7,10-12H2,1H3. The van der Waals surface area contributed by atoms with E-state index in [1.807, 2.05) is 37.3 Å². The lowest BCUT2D eigenvalue weighted by Crippen LogP contribution is -2.51. The molecule has 1 aromatic carbocycles.